The third-order valence-electron chi connectivity index (χ3n) is 3.17. The second-order valence-electron chi connectivity index (χ2n) is 4.68. The first-order chi connectivity index (χ1) is 9.10. The molecule has 0 aliphatic rings. The second kappa shape index (κ2) is 6.09. The average Bonchev–Trinajstić information content (AvgIpc) is 2.39. The van der Waals surface area contributed by atoms with Crippen LogP contribution in [0.1, 0.15) is 22.7 Å². The molecule has 3 heteroatoms. The first kappa shape index (κ1) is 13.9. The van der Waals surface area contributed by atoms with Crippen LogP contribution in [0.15, 0.2) is 42.5 Å². The van der Waals surface area contributed by atoms with Gasteiger partial charge in [0.2, 0.25) is 0 Å². The highest BCUT2D eigenvalue weighted by atomic mass is 35.5. The van der Waals surface area contributed by atoms with Gasteiger partial charge in [-0.3, -0.25) is 0 Å². The third-order valence-corrected chi connectivity index (χ3v) is 3.43. The van der Waals surface area contributed by atoms with E-state index in [0.717, 1.165) is 28.3 Å². The van der Waals surface area contributed by atoms with Gasteiger partial charge in [0.15, 0.2) is 0 Å². The Morgan fingerprint density at radius 2 is 1.84 bits per heavy atom. The van der Waals surface area contributed by atoms with Crippen molar-refractivity contribution in [2.75, 3.05) is 7.11 Å². The maximum absolute atomic E-state index is 6.25. The summed E-state index contributed by atoms with van der Waals surface area (Å²) >= 11 is 5.88. The molecule has 100 valence electrons. The number of nitrogens with two attached hydrogens (primary N) is 1. The van der Waals surface area contributed by atoms with Gasteiger partial charge in [0, 0.05) is 11.1 Å². The molecular formula is C16H18ClNO. The van der Waals surface area contributed by atoms with E-state index in [1.165, 1.54) is 5.56 Å². The Hall–Kier alpha value is -1.51. The number of rotatable bonds is 4. The summed E-state index contributed by atoms with van der Waals surface area (Å²) in [6, 6.07) is 13.7. The van der Waals surface area contributed by atoms with Crippen LogP contribution in [0.4, 0.5) is 0 Å². The SMILES string of the molecule is COc1ccc(C)cc1CC(N)c1ccc(Cl)cc1. The van der Waals surface area contributed by atoms with Gasteiger partial charge in [-0.05, 0) is 42.7 Å². The van der Waals surface area contributed by atoms with E-state index >= 15 is 0 Å². The van der Waals surface area contributed by atoms with Gasteiger partial charge in [-0.2, -0.15) is 0 Å². The monoisotopic (exact) mass is 275 g/mol. The average molecular weight is 276 g/mol. The van der Waals surface area contributed by atoms with E-state index in [0.29, 0.717) is 0 Å². The van der Waals surface area contributed by atoms with Crippen molar-refractivity contribution in [1.29, 1.82) is 0 Å². The number of benzene rings is 2. The van der Waals surface area contributed by atoms with Crippen molar-refractivity contribution in [3.8, 4) is 5.75 Å². The number of hydrogen-bond acceptors (Lipinski definition) is 2. The van der Waals surface area contributed by atoms with Crippen LogP contribution in [-0.4, -0.2) is 7.11 Å². The molecule has 1 atom stereocenters. The molecule has 2 aromatic carbocycles. The molecule has 2 aromatic rings. The van der Waals surface area contributed by atoms with Crippen LogP contribution in [0.5, 0.6) is 5.75 Å². The molecule has 0 aliphatic carbocycles. The number of halogens is 1. The fraction of sp³-hybridized carbons (Fsp3) is 0.250. The summed E-state index contributed by atoms with van der Waals surface area (Å²) in [5.74, 6) is 0.884. The summed E-state index contributed by atoms with van der Waals surface area (Å²) in [6.07, 6.45) is 0.743. The third kappa shape index (κ3) is 3.49. The molecule has 2 rings (SSSR count). The van der Waals surface area contributed by atoms with Crippen molar-refractivity contribution < 1.29 is 4.74 Å². The smallest absolute Gasteiger partial charge is 0.122 e. The van der Waals surface area contributed by atoms with E-state index in [-0.39, 0.29) is 6.04 Å². The van der Waals surface area contributed by atoms with Crippen LogP contribution >= 0.6 is 11.6 Å². The predicted molar refractivity (Wildman–Crippen MR) is 79.8 cm³/mol. The molecule has 0 aromatic heterocycles. The molecule has 0 bridgehead atoms. The van der Waals surface area contributed by atoms with E-state index in [1.54, 1.807) is 7.11 Å². The molecule has 19 heavy (non-hydrogen) atoms. The summed E-state index contributed by atoms with van der Waals surface area (Å²) in [4.78, 5) is 0. The topological polar surface area (TPSA) is 35.2 Å². The first-order valence-corrected chi connectivity index (χ1v) is 6.62. The molecule has 0 aliphatic heterocycles. The Morgan fingerprint density at radius 1 is 1.16 bits per heavy atom. The lowest BCUT2D eigenvalue weighted by Gasteiger charge is -2.15. The lowest BCUT2D eigenvalue weighted by atomic mass is 9.98. The van der Waals surface area contributed by atoms with Gasteiger partial charge in [0.25, 0.3) is 0 Å². The lowest BCUT2D eigenvalue weighted by Crippen LogP contribution is -2.13. The zero-order chi connectivity index (χ0) is 13.8. The number of aryl methyl sites for hydroxylation is 1. The molecule has 2 nitrogen and oxygen atoms in total. The van der Waals surface area contributed by atoms with Crippen LogP contribution in [0, 0.1) is 6.92 Å². The van der Waals surface area contributed by atoms with Gasteiger partial charge in [-0.1, -0.05) is 41.4 Å². The van der Waals surface area contributed by atoms with Gasteiger partial charge >= 0.3 is 0 Å². The van der Waals surface area contributed by atoms with Crippen molar-refractivity contribution in [3.63, 3.8) is 0 Å². The molecule has 0 fully saturated rings. The standard InChI is InChI=1S/C16H18ClNO/c1-11-3-8-16(19-2)13(9-11)10-15(18)12-4-6-14(17)7-5-12/h3-9,15H,10,18H2,1-2H3. The van der Waals surface area contributed by atoms with Crippen LogP contribution in [-0.2, 0) is 6.42 Å². The van der Waals surface area contributed by atoms with Crippen LogP contribution < -0.4 is 10.5 Å². The maximum Gasteiger partial charge on any atom is 0.122 e. The largest absolute Gasteiger partial charge is 0.496 e. The van der Waals surface area contributed by atoms with Gasteiger partial charge in [0.05, 0.1) is 7.11 Å². The molecule has 1 unspecified atom stereocenters. The van der Waals surface area contributed by atoms with Crippen LogP contribution in [0.2, 0.25) is 5.02 Å². The molecule has 2 N–H and O–H groups in total. The summed E-state index contributed by atoms with van der Waals surface area (Å²) in [5, 5.41) is 0.726. The molecule has 0 saturated carbocycles. The minimum absolute atomic E-state index is 0.0621. The first-order valence-electron chi connectivity index (χ1n) is 6.24. The molecular weight excluding hydrogens is 258 g/mol. The fourth-order valence-electron chi connectivity index (χ4n) is 2.13. The summed E-state index contributed by atoms with van der Waals surface area (Å²) in [7, 11) is 1.68. The van der Waals surface area contributed by atoms with Crippen molar-refractivity contribution >= 4 is 11.6 Å². The van der Waals surface area contributed by atoms with E-state index in [1.807, 2.05) is 36.4 Å². The molecule has 0 amide bonds. The number of hydrogen-bond donors (Lipinski definition) is 1. The van der Waals surface area contributed by atoms with Gasteiger partial charge in [-0.25, -0.2) is 0 Å². The predicted octanol–water partition coefficient (Wildman–Crippen LogP) is 3.90. The maximum atomic E-state index is 6.25. The minimum atomic E-state index is -0.0621. The number of ether oxygens (including phenoxy) is 1. The van der Waals surface area contributed by atoms with Crippen LogP contribution in [0.3, 0.4) is 0 Å². The Labute approximate surface area is 119 Å². The van der Waals surface area contributed by atoms with Gasteiger partial charge in [0.1, 0.15) is 5.75 Å². The fourth-order valence-corrected chi connectivity index (χ4v) is 2.26. The van der Waals surface area contributed by atoms with Crippen LogP contribution in [0.25, 0.3) is 0 Å². The molecule has 0 spiro atoms. The highest BCUT2D eigenvalue weighted by Gasteiger charge is 2.11. The molecule has 0 radical (unpaired) electrons. The Bertz CT molecular complexity index is 551. The van der Waals surface area contributed by atoms with E-state index in [4.69, 9.17) is 22.1 Å². The van der Waals surface area contributed by atoms with Gasteiger partial charge in [-0.15, -0.1) is 0 Å². The number of methoxy groups -OCH3 is 1. The van der Waals surface area contributed by atoms with E-state index in [9.17, 15) is 0 Å². The lowest BCUT2D eigenvalue weighted by molar-refractivity contribution is 0.408. The summed E-state index contributed by atoms with van der Waals surface area (Å²) in [6.45, 7) is 2.07. The zero-order valence-corrected chi connectivity index (χ0v) is 11.9. The van der Waals surface area contributed by atoms with Crippen molar-refractivity contribution in [3.05, 3.63) is 64.2 Å². The normalized spacial score (nSPS) is 12.2. The van der Waals surface area contributed by atoms with Crippen molar-refractivity contribution in [2.45, 2.75) is 19.4 Å². The van der Waals surface area contributed by atoms with E-state index in [2.05, 4.69) is 13.0 Å². The van der Waals surface area contributed by atoms with Gasteiger partial charge < -0.3 is 10.5 Å². The van der Waals surface area contributed by atoms with Crippen molar-refractivity contribution in [1.82, 2.24) is 0 Å². The summed E-state index contributed by atoms with van der Waals surface area (Å²) < 4.78 is 5.38. The highest BCUT2D eigenvalue weighted by molar-refractivity contribution is 6.30. The Morgan fingerprint density at radius 3 is 2.47 bits per heavy atom. The quantitative estimate of drug-likeness (QED) is 0.918. The molecule has 0 saturated heterocycles. The minimum Gasteiger partial charge on any atom is -0.496 e. The highest BCUT2D eigenvalue weighted by Crippen LogP contribution is 2.25. The van der Waals surface area contributed by atoms with Crippen molar-refractivity contribution in [2.24, 2.45) is 5.73 Å². The second-order valence-corrected chi connectivity index (χ2v) is 5.11. The van der Waals surface area contributed by atoms with E-state index < -0.39 is 0 Å². The Balaban J connectivity index is 2.20. The zero-order valence-electron chi connectivity index (χ0n) is 11.2. The molecule has 0 heterocycles. The Kier molecular flexibility index (Phi) is 4.46. The summed E-state index contributed by atoms with van der Waals surface area (Å²) in [5.41, 5.74) is 9.67.